The number of ketones is 2. The van der Waals surface area contributed by atoms with Crippen molar-refractivity contribution in [2.45, 2.75) is 49.7 Å². The minimum Gasteiger partial charge on any atom is -0.449 e. The molecule has 0 aromatic heterocycles. The van der Waals surface area contributed by atoms with E-state index in [1.54, 1.807) is 4.90 Å². The molecule has 0 unspecified atom stereocenters. The zero-order valence-electron chi connectivity index (χ0n) is 20.0. The van der Waals surface area contributed by atoms with Crippen molar-refractivity contribution in [1.29, 1.82) is 0 Å². The second kappa shape index (κ2) is 8.22. The summed E-state index contributed by atoms with van der Waals surface area (Å²) >= 11 is 0. The van der Waals surface area contributed by atoms with E-state index in [2.05, 4.69) is 16.8 Å². The molecule has 4 heterocycles. The zero-order valence-corrected chi connectivity index (χ0v) is 20.0. The van der Waals surface area contributed by atoms with Crippen LogP contribution < -0.4 is 22.3 Å². The van der Waals surface area contributed by atoms with Crippen LogP contribution >= 0.6 is 0 Å². The number of rotatable bonds is 8. The third-order valence-electron chi connectivity index (χ3n) is 7.83. The van der Waals surface area contributed by atoms with Gasteiger partial charge in [-0.2, -0.15) is 0 Å². The molecule has 2 amide bonds. The predicted molar refractivity (Wildman–Crippen MR) is 122 cm³/mol. The number of primary amides is 1. The quantitative estimate of drug-likeness (QED) is 0.177. The van der Waals surface area contributed by atoms with Crippen LogP contribution in [0.4, 0.5) is 9.59 Å². The fourth-order valence-electron chi connectivity index (χ4n) is 5.86. The summed E-state index contributed by atoms with van der Waals surface area (Å²) in [6.45, 7) is 1.55. The Morgan fingerprint density at radius 3 is 2.56 bits per heavy atom. The molecule has 0 aromatic rings. The molecular weight excluding hydrogens is 472 g/mol. The summed E-state index contributed by atoms with van der Waals surface area (Å²) in [6.07, 6.45) is 5.56. The molecule has 3 saturated heterocycles. The molecule has 13 nitrogen and oxygen atoms in total. The third-order valence-corrected chi connectivity index (χ3v) is 7.83. The van der Waals surface area contributed by atoms with E-state index in [4.69, 9.17) is 32.1 Å². The number of allylic oxidation sites excluding steroid dienone is 2. The SMILES string of the molecule is C#CCCC1(CCOC(=O)N2[C@H]3[C@@H]2CN2C4=C(C(=O)C(N)=C(C)C4=O)[C@@H](COC(N)=O)[C@@]32OC)NN1. The smallest absolute Gasteiger partial charge is 0.410 e. The first-order valence-corrected chi connectivity index (χ1v) is 11.6. The second-order valence-corrected chi connectivity index (χ2v) is 9.53. The van der Waals surface area contributed by atoms with E-state index < -0.39 is 41.4 Å². The Bertz CT molecular complexity index is 1170. The van der Waals surface area contributed by atoms with E-state index in [0.29, 0.717) is 19.3 Å². The summed E-state index contributed by atoms with van der Waals surface area (Å²) in [4.78, 5) is 54.0. The Morgan fingerprint density at radius 2 is 1.94 bits per heavy atom. The average molecular weight is 501 g/mol. The van der Waals surface area contributed by atoms with Crippen LogP contribution in [0.5, 0.6) is 0 Å². The lowest BCUT2D eigenvalue weighted by molar-refractivity contribution is -0.144. The van der Waals surface area contributed by atoms with Gasteiger partial charge in [0.05, 0.1) is 35.6 Å². The third kappa shape index (κ3) is 3.29. The number of fused-ring (bicyclic) bond motifs is 4. The Labute approximate surface area is 207 Å². The molecule has 13 heteroatoms. The number of Topliss-reactive ketones (excluding diaryl/α,β-unsaturated/α-hetero) is 2. The molecule has 5 aliphatic rings. The molecule has 6 N–H and O–H groups in total. The average Bonchev–Trinajstić information content (AvgIpc) is 3.73. The molecule has 0 aromatic carbocycles. The monoisotopic (exact) mass is 500 g/mol. The van der Waals surface area contributed by atoms with Gasteiger partial charge in [0.15, 0.2) is 5.72 Å². The summed E-state index contributed by atoms with van der Waals surface area (Å²) in [7, 11) is 1.42. The van der Waals surface area contributed by atoms with Crippen LogP contribution in [-0.4, -0.2) is 83.9 Å². The number of amides is 2. The standard InChI is InChI=1S/C23H28N6O7/c1-4-5-6-22(26-27-22)7-8-35-21(33)29-13-9-28-16-14(18(31)15(24)11(2)17(16)30)12(10-36-20(25)32)23(28,34-3)19(13)29/h1,12-13,19,26-27H,5-10,24H2,2-3H3,(H2,25,32)/t12-,13+,19+,23-,29?/m1/s1. The lowest BCUT2D eigenvalue weighted by Gasteiger charge is -2.40. The number of hydrazine groups is 1. The molecule has 192 valence electrons. The number of nitrogens with one attached hydrogen (secondary N) is 2. The molecule has 36 heavy (non-hydrogen) atoms. The predicted octanol–water partition coefficient (Wildman–Crippen LogP) is -1.19. The minimum absolute atomic E-state index is 0.103. The van der Waals surface area contributed by atoms with Gasteiger partial charge in [-0.1, -0.05) is 0 Å². The van der Waals surface area contributed by atoms with Crippen molar-refractivity contribution >= 4 is 23.8 Å². The van der Waals surface area contributed by atoms with Gasteiger partial charge in [-0.05, 0) is 13.3 Å². The van der Waals surface area contributed by atoms with Gasteiger partial charge in [-0.15, -0.1) is 12.3 Å². The maximum atomic E-state index is 13.2. The number of piperazine rings is 1. The second-order valence-electron chi connectivity index (χ2n) is 9.53. The van der Waals surface area contributed by atoms with Gasteiger partial charge in [0, 0.05) is 37.6 Å². The van der Waals surface area contributed by atoms with Crippen LogP contribution in [0.15, 0.2) is 22.5 Å². The highest BCUT2D eigenvalue weighted by Gasteiger charge is 2.78. The molecule has 0 bridgehead atoms. The highest BCUT2D eigenvalue weighted by atomic mass is 16.6. The first-order chi connectivity index (χ1) is 17.1. The number of hydrogen-bond donors (Lipinski definition) is 4. The summed E-state index contributed by atoms with van der Waals surface area (Å²) in [5.74, 6) is 0.763. The Morgan fingerprint density at radius 1 is 1.22 bits per heavy atom. The number of terminal acetylenes is 1. The van der Waals surface area contributed by atoms with Crippen molar-refractivity contribution < 1.29 is 33.4 Å². The summed E-state index contributed by atoms with van der Waals surface area (Å²) in [5.41, 5.74) is 15.8. The van der Waals surface area contributed by atoms with Gasteiger partial charge < -0.3 is 30.6 Å². The molecule has 3 fully saturated rings. The van der Waals surface area contributed by atoms with E-state index in [1.807, 2.05) is 0 Å². The first-order valence-electron chi connectivity index (χ1n) is 11.6. The lowest BCUT2D eigenvalue weighted by atomic mass is 9.82. The fraction of sp³-hybridized carbons (Fsp3) is 0.565. The summed E-state index contributed by atoms with van der Waals surface area (Å²) in [6, 6.07) is -0.863. The van der Waals surface area contributed by atoms with Crippen molar-refractivity contribution in [3.05, 3.63) is 22.5 Å². The summed E-state index contributed by atoms with van der Waals surface area (Å²) in [5, 5.41) is 0. The molecule has 0 spiro atoms. The van der Waals surface area contributed by atoms with Gasteiger partial charge in [0.25, 0.3) is 0 Å². The van der Waals surface area contributed by atoms with Crippen LogP contribution in [0.25, 0.3) is 0 Å². The van der Waals surface area contributed by atoms with Crippen molar-refractivity contribution in [3.63, 3.8) is 0 Å². The maximum Gasteiger partial charge on any atom is 0.410 e. The topological polar surface area (TPSA) is 198 Å². The number of ether oxygens (including phenoxy) is 3. The van der Waals surface area contributed by atoms with E-state index in [9.17, 15) is 19.2 Å². The highest BCUT2D eigenvalue weighted by Crippen LogP contribution is 2.59. The molecule has 5 rings (SSSR count). The Hall–Kier alpha value is -3.60. The van der Waals surface area contributed by atoms with E-state index >= 15 is 0 Å². The van der Waals surface area contributed by atoms with Crippen LogP contribution in [0, 0.1) is 18.3 Å². The number of nitrogens with two attached hydrogens (primary N) is 2. The number of methoxy groups -OCH3 is 1. The van der Waals surface area contributed by atoms with Crippen molar-refractivity contribution in [1.82, 2.24) is 20.7 Å². The van der Waals surface area contributed by atoms with Gasteiger partial charge in [0.1, 0.15) is 12.6 Å². The van der Waals surface area contributed by atoms with Crippen molar-refractivity contribution in [2.75, 3.05) is 26.9 Å². The Kier molecular flexibility index (Phi) is 5.51. The number of carbonyl (C=O) groups is 4. The first kappa shape index (κ1) is 24.1. The van der Waals surface area contributed by atoms with Gasteiger partial charge >= 0.3 is 12.2 Å². The van der Waals surface area contributed by atoms with Crippen molar-refractivity contribution in [2.24, 2.45) is 17.4 Å². The number of carbonyl (C=O) groups excluding carboxylic acids is 4. The summed E-state index contributed by atoms with van der Waals surface area (Å²) < 4.78 is 16.6. The van der Waals surface area contributed by atoms with Gasteiger partial charge in [-0.25, -0.2) is 20.4 Å². The minimum atomic E-state index is -1.33. The van der Waals surface area contributed by atoms with Crippen molar-refractivity contribution in [3.8, 4) is 12.3 Å². The van der Waals surface area contributed by atoms with Crippen LogP contribution in [-0.2, 0) is 23.8 Å². The molecular formula is C23H28N6O7. The number of nitrogens with zero attached hydrogens (tertiary/aromatic N) is 2. The van der Waals surface area contributed by atoms with E-state index in [1.165, 1.54) is 18.9 Å². The largest absolute Gasteiger partial charge is 0.449 e. The van der Waals surface area contributed by atoms with Gasteiger partial charge in [-0.3, -0.25) is 14.5 Å². The number of hydrogen-bond acceptors (Lipinski definition) is 11. The lowest BCUT2D eigenvalue weighted by Crippen LogP contribution is -2.56. The normalized spacial score (nSPS) is 31.1. The fourth-order valence-corrected chi connectivity index (χ4v) is 5.86. The molecule has 0 radical (unpaired) electrons. The van der Waals surface area contributed by atoms with Crippen LogP contribution in [0.3, 0.4) is 0 Å². The molecule has 1 aliphatic carbocycles. The van der Waals surface area contributed by atoms with Gasteiger partial charge in [0.2, 0.25) is 11.6 Å². The maximum absolute atomic E-state index is 13.2. The highest BCUT2D eigenvalue weighted by molar-refractivity contribution is 6.25. The molecule has 4 aliphatic heterocycles. The van der Waals surface area contributed by atoms with E-state index in [0.717, 1.165) is 0 Å². The van der Waals surface area contributed by atoms with Crippen LogP contribution in [0.2, 0.25) is 0 Å². The Balaban J connectivity index is 1.36. The zero-order chi connectivity index (χ0) is 26.0. The molecule has 0 saturated carbocycles. The van der Waals surface area contributed by atoms with E-state index in [-0.39, 0.29) is 54.0 Å². The molecule has 4 atom stereocenters. The van der Waals surface area contributed by atoms with Crippen LogP contribution in [0.1, 0.15) is 26.2 Å².